The second-order valence-electron chi connectivity index (χ2n) is 10.6. The van der Waals surface area contributed by atoms with Gasteiger partial charge in [0, 0.05) is 11.6 Å². The molecule has 0 spiro atoms. The van der Waals surface area contributed by atoms with E-state index in [1.54, 1.807) is 42.5 Å². The zero-order chi connectivity index (χ0) is 31.3. The molecular weight excluding hydrogens is 578 g/mol. The first-order valence-electron chi connectivity index (χ1n) is 14.3. The number of pyridine rings is 1. The minimum atomic E-state index is -1.21. The Labute approximate surface area is 257 Å². The molecule has 0 aliphatic carbocycles. The number of rotatable bonds is 9. The van der Waals surface area contributed by atoms with Gasteiger partial charge in [-0.05, 0) is 29.1 Å². The molecule has 1 saturated heterocycles. The maximum absolute atomic E-state index is 14.0. The lowest BCUT2D eigenvalue weighted by Gasteiger charge is -2.26. The molecule has 3 atom stereocenters. The highest BCUT2D eigenvalue weighted by Crippen LogP contribution is 2.32. The smallest absolute Gasteiger partial charge is 0.310 e. The van der Waals surface area contributed by atoms with E-state index in [1.165, 1.54) is 16.0 Å². The fourth-order valence-corrected chi connectivity index (χ4v) is 5.47. The molecule has 4 amide bonds. The van der Waals surface area contributed by atoms with Crippen LogP contribution < -0.4 is 20.4 Å². The number of ether oxygens (including phenoxy) is 2. The monoisotopic (exact) mass is 607 g/mol. The first-order valence-corrected chi connectivity index (χ1v) is 14.3. The molecule has 3 heterocycles. The average Bonchev–Trinajstić information content (AvgIpc) is 3.37. The molecule has 12 heteroatoms. The Morgan fingerprint density at radius 3 is 2.47 bits per heavy atom. The van der Waals surface area contributed by atoms with Gasteiger partial charge in [-0.2, -0.15) is 0 Å². The summed E-state index contributed by atoms with van der Waals surface area (Å²) in [5.41, 5.74) is 1.68. The van der Waals surface area contributed by atoms with Crippen molar-refractivity contribution in [2.45, 2.75) is 31.4 Å². The fraction of sp³-hybridized carbons (Fsp3) is 0.212. The highest BCUT2D eigenvalue weighted by Gasteiger charge is 2.39. The number of carbonyl (C=O) groups is 5. The lowest BCUT2D eigenvalue weighted by atomic mass is 10.1. The summed E-state index contributed by atoms with van der Waals surface area (Å²) in [4.78, 5) is 71.9. The largest absolute Gasteiger partial charge is 0.433 e. The van der Waals surface area contributed by atoms with Crippen molar-refractivity contribution in [2.24, 2.45) is 0 Å². The van der Waals surface area contributed by atoms with Crippen molar-refractivity contribution in [3.05, 3.63) is 102 Å². The number of cyclic esters (lactones) is 1. The summed E-state index contributed by atoms with van der Waals surface area (Å²) in [5, 5.41) is 6.88. The Hall–Kier alpha value is -5.62. The van der Waals surface area contributed by atoms with E-state index in [1.807, 2.05) is 42.5 Å². The zero-order valence-electron chi connectivity index (χ0n) is 24.0. The van der Waals surface area contributed by atoms with Gasteiger partial charge in [0.25, 0.3) is 11.8 Å². The molecule has 1 fully saturated rings. The van der Waals surface area contributed by atoms with Crippen molar-refractivity contribution in [1.29, 1.82) is 0 Å². The van der Waals surface area contributed by atoms with Crippen LogP contribution in [0, 0.1) is 0 Å². The molecule has 12 nitrogen and oxygen atoms in total. The first-order chi connectivity index (χ1) is 21.9. The van der Waals surface area contributed by atoms with E-state index in [0.29, 0.717) is 23.2 Å². The number of fused-ring (bicyclic) bond motifs is 2. The molecule has 2 N–H and O–H groups in total. The third kappa shape index (κ3) is 6.36. The van der Waals surface area contributed by atoms with Gasteiger partial charge in [0.05, 0.1) is 30.9 Å². The van der Waals surface area contributed by atoms with Crippen LogP contribution in [0.15, 0.2) is 91.1 Å². The van der Waals surface area contributed by atoms with E-state index in [0.717, 1.165) is 10.9 Å². The normalized spacial score (nSPS) is 19.4. The molecular formula is C33H29N5O7. The molecule has 2 aliphatic heterocycles. The quantitative estimate of drug-likeness (QED) is 0.218. The van der Waals surface area contributed by atoms with Crippen LogP contribution >= 0.6 is 0 Å². The number of para-hydroxylation sites is 2. The molecule has 0 radical (unpaired) electrons. The van der Waals surface area contributed by atoms with Crippen molar-refractivity contribution in [1.82, 2.24) is 15.6 Å². The maximum Gasteiger partial charge on any atom is 0.310 e. The number of aromatic nitrogens is 1. The number of esters is 1. The van der Waals surface area contributed by atoms with Crippen LogP contribution in [0.5, 0.6) is 0 Å². The van der Waals surface area contributed by atoms with Crippen LogP contribution in [0.4, 0.5) is 11.4 Å². The van der Waals surface area contributed by atoms with Crippen LogP contribution in [-0.4, -0.2) is 66.5 Å². The average molecular weight is 608 g/mol. The van der Waals surface area contributed by atoms with Gasteiger partial charge in [-0.25, -0.2) is 0 Å². The minimum absolute atomic E-state index is 0.106. The lowest BCUT2D eigenvalue weighted by Crippen LogP contribution is -2.54. The van der Waals surface area contributed by atoms with Gasteiger partial charge in [-0.15, -0.1) is 0 Å². The van der Waals surface area contributed by atoms with Crippen LogP contribution in [0.3, 0.4) is 0 Å². The molecule has 0 saturated carbocycles. The lowest BCUT2D eigenvalue weighted by molar-refractivity contribution is -0.168. The van der Waals surface area contributed by atoms with E-state index in [4.69, 9.17) is 9.47 Å². The molecule has 45 heavy (non-hydrogen) atoms. The van der Waals surface area contributed by atoms with Crippen LogP contribution in [0.1, 0.15) is 22.5 Å². The van der Waals surface area contributed by atoms with E-state index < -0.39 is 48.6 Å². The van der Waals surface area contributed by atoms with E-state index in [-0.39, 0.29) is 25.3 Å². The number of anilines is 2. The second kappa shape index (κ2) is 12.9. The number of nitrogens with zero attached hydrogens (tertiary/aromatic N) is 3. The van der Waals surface area contributed by atoms with Crippen molar-refractivity contribution in [3.63, 3.8) is 0 Å². The summed E-state index contributed by atoms with van der Waals surface area (Å²) >= 11 is 0. The number of carbonyl (C=O) groups excluding carboxylic acids is 5. The van der Waals surface area contributed by atoms with Crippen molar-refractivity contribution in [2.75, 3.05) is 22.9 Å². The molecule has 228 valence electrons. The Balaban J connectivity index is 1.22. The number of benzene rings is 3. The number of nitrogens with one attached hydrogen (secondary N) is 2. The third-order valence-corrected chi connectivity index (χ3v) is 7.61. The molecule has 6 rings (SSSR count). The SMILES string of the molecule is O=CN1C[C@H](NC(=O)c2nccc3ccccc23)C(=O)N(CC(=O)N[C@H]2CC(=O)OC2OCc2ccccc2)c2ccccc21. The summed E-state index contributed by atoms with van der Waals surface area (Å²) < 4.78 is 11.1. The summed E-state index contributed by atoms with van der Waals surface area (Å²) in [7, 11) is 0. The highest BCUT2D eigenvalue weighted by molar-refractivity contribution is 6.11. The van der Waals surface area contributed by atoms with Crippen molar-refractivity contribution < 1.29 is 33.4 Å². The zero-order valence-corrected chi connectivity index (χ0v) is 24.0. The number of hydrogen-bond acceptors (Lipinski definition) is 8. The van der Waals surface area contributed by atoms with E-state index >= 15 is 0 Å². The summed E-state index contributed by atoms with van der Waals surface area (Å²) in [6.45, 7) is -0.469. The summed E-state index contributed by atoms with van der Waals surface area (Å²) in [6.07, 6.45) is 0.955. The van der Waals surface area contributed by atoms with Gasteiger partial charge < -0.3 is 25.0 Å². The Bertz CT molecular complexity index is 1760. The first kappa shape index (κ1) is 29.5. The van der Waals surface area contributed by atoms with Gasteiger partial charge in [0.15, 0.2) is 0 Å². The van der Waals surface area contributed by atoms with Crippen LogP contribution in [0.2, 0.25) is 0 Å². The maximum atomic E-state index is 14.0. The van der Waals surface area contributed by atoms with Gasteiger partial charge in [0.1, 0.15) is 24.3 Å². The predicted molar refractivity (Wildman–Crippen MR) is 163 cm³/mol. The molecule has 2 aliphatic rings. The van der Waals surface area contributed by atoms with Crippen molar-refractivity contribution in [3.8, 4) is 0 Å². The van der Waals surface area contributed by atoms with Gasteiger partial charge in [0.2, 0.25) is 18.6 Å². The molecule has 4 aromatic rings. The standard InChI is InChI=1S/C33H29N5O7/c39-20-37-17-25(36-31(42)30-23-11-5-4-10-22(23)14-15-34-30)32(43)38(27-13-7-6-12-26(27)37)18-28(40)35-24-16-29(41)45-33(24)44-19-21-8-2-1-3-9-21/h1-15,20,24-25,33H,16-19H2,(H,35,40)(H,36,42)/t24-,25-,33?/m0/s1. The summed E-state index contributed by atoms with van der Waals surface area (Å²) in [5.74, 6) is -2.33. The van der Waals surface area contributed by atoms with Crippen molar-refractivity contribution >= 4 is 52.2 Å². The third-order valence-electron chi connectivity index (χ3n) is 7.61. The number of hydrogen-bond donors (Lipinski definition) is 2. The minimum Gasteiger partial charge on any atom is -0.433 e. The summed E-state index contributed by atoms with van der Waals surface area (Å²) in [6, 6.07) is 22.9. The van der Waals surface area contributed by atoms with Gasteiger partial charge in [-0.1, -0.05) is 66.7 Å². The number of amides is 4. The fourth-order valence-electron chi connectivity index (χ4n) is 5.47. The van der Waals surface area contributed by atoms with Gasteiger partial charge in [-0.3, -0.25) is 33.9 Å². The second-order valence-corrected chi connectivity index (χ2v) is 10.6. The van der Waals surface area contributed by atoms with E-state index in [9.17, 15) is 24.0 Å². The Kier molecular flexibility index (Phi) is 8.47. The van der Waals surface area contributed by atoms with Crippen LogP contribution in [0.25, 0.3) is 10.8 Å². The van der Waals surface area contributed by atoms with E-state index in [2.05, 4.69) is 15.6 Å². The molecule has 1 unspecified atom stereocenters. The Morgan fingerprint density at radius 1 is 0.933 bits per heavy atom. The predicted octanol–water partition coefficient (Wildman–Crippen LogP) is 2.32. The Morgan fingerprint density at radius 2 is 1.67 bits per heavy atom. The highest BCUT2D eigenvalue weighted by atomic mass is 16.7. The topological polar surface area (TPSA) is 147 Å². The molecule has 0 bridgehead atoms. The van der Waals surface area contributed by atoms with Gasteiger partial charge >= 0.3 is 5.97 Å². The molecule has 3 aromatic carbocycles. The van der Waals surface area contributed by atoms with Crippen LogP contribution in [-0.2, 0) is 35.3 Å². The molecule has 1 aromatic heterocycles.